The molecule has 0 aliphatic carbocycles. The normalized spacial score (nSPS) is 12.0. The summed E-state index contributed by atoms with van der Waals surface area (Å²) in [6.45, 7) is 2.10. The highest BCUT2D eigenvalue weighted by Gasteiger charge is 2.17. The molecular formula is C25H21NO2. The molecule has 0 spiro atoms. The van der Waals surface area contributed by atoms with Crippen LogP contribution >= 0.6 is 0 Å². The Morgan fingerprint density at radius 2 is 1.43 bits per heavy atom. The van der Waals surface area contributed by atoms with E-state index in [-0.39, 0.29) is 16.5 Å². The van der Waals surface area contributed by atoms with Gasteiger partial charge in [0.2, 0.25) is 0 Å². The zero-order valence-corrected chi connectivity index (χ0v) is 15.7. The molecule has 0 amide bonds. The molecule has 0 saturated heterocycles. The highest BCUT2D eigenvalue weighted by molar-refractivity contribution is 5.84. The third kappa shape index (κ3) is 3.79. The summed E-state index contributed by atoms with van der Waals surface area (Å²) in [6.07, 6.45) is 0.843. The summed E-state index contributed by atoms with van der Waals surface area (Å²) in [5, 5.41) is 13.5. The summed E-state index contributed by atoms with van der Waals surface area (Å²) in [7, 11) is 0. The first-order valence-electron chi connectivity index (χ1n) is 9.39. The van der Waals surface area contributed by atoms with E-state index < -0.39 is 0 Å². The molecule has 3 nitrogen and oxygen atoms in total. The van der Waals surface area contributed by atoms with Gasteiger partial charge in [-0.2, -0.15) is 0 Å². The van der Waals surface area contributed by atoms with E-state index in [9.17, 15) is 10.1 Å². The lowest BCUT2D eigenvalue weighted by molar-refractivity contribution is -0.384. The molecule has 0 radical (unpaired) electrons. The van der Waals surface area contributed by atoms with E-state index >= 15 is 0 Å². The van der Waals surface area contributed by atoms with Crippen molar-refractivity contribution < 1.29 is 4.92 Å². The number of hydrogen-bond acceptors (Lipinski definition) is 2. The Kier molecular flexibility index (Phi) is 4.90. The van der Waals surface area contributed by atoms with Gasteiger partial charge < -0.3 is 0 Å². The fourth-order valence-corrected chi connectivity index (χ4v) is 3.71. The van der Waals surface area contributed by atoms with Gasteiger partial charge in [-0.25, -0.2) is 0 Å². The molecule has 0 saturated carbocycles. The molecular weight excluding hydrogens is 346 g/mol. The average Bonchev–Trinajstić information content (AvgIpc) is 2.72. The molecule has 4 rings (SSSR count). The smallest absolute Gasteiger partial charge is 0.258 e. The number of nitro groups is 1. The van der Waals surface area contributed by atoms with Crippen LogP contribution in [0.15, 0.2) is 91.0 Å². The third-order valence-electron chi connectivity index (χ3n) is 5.21. The minimum atomic E-state index is -0.353. The van der Waals surface area contributed by atoms with E-state index in [1.807, 2.05) is 30.3 Å². The third-order valence-corrected chi connectivity index (χ3v) is 5.21. The van der Waals surface area contributed by atoms with Gasteiger partial charge in [0.05, 0.1) is 4.92 Å². The maximum absolute atomic E-state index is 11.0. The molecule has 0 aliphatic rings. The lowest BCUT2D eigenvalue weighted by Gasteiger charge is -2.19. The van der Waals surface area contributed by atoms with Crippen LogP contribution in [0.5, 0.6) is 0 Å². The summed E-state index contributed by atoms with van der Waals surface area (Å²) >= 11 is 0. The van der Waals surface area contributed by atoms with E-state index in [4.69, 9.17) is 0 Å². The fourth-order valence-electron chi connectivity index (χ4n) is 3.71. The Morgan fingerprint density at radius 3 is 2.14 bits per heavy atom. The van der Waals surface area contributed by atoms with Crippen molar-refractivity contribution in [2.45, 2.75) is 19.3 Å². The Morgan fingerprint density at radius 1 is 0.786 bits per heavy atom. The molecule has 0 aromatic heterocycles. The van der Waals surface area contributed by atoms with Crippen molar-refractivity contribution in [1.29, 1.82) is 0 Å². The molecule has 0 heterocycles. The van der Waals surface area contributed by atoms with Gasteiger partial charge in [0.15, 0.2) is 0 Å². The first-order valence-corrected chi connectivity index (χ1v) is 9.39. The number of nitro benzene ring substituents is 1. The van der Waals surface area contributed by atoms with Crippen LogP contribution in [0.25, 0.3) is 10.8 Å². The summed E-state index contributed by atoms with van der Waals surface area (Å²) in [6, 6.07) is 30.4. The van der Waals surface area contributed by atoms with Crippen LogP contribution in [0.2, 0.25) is 0 Å². The van der Waals surface area contributed by atoms with Crippen molar-refractivity contribution >= 4 is 16.5 Å². The van der Waals surface area contributed by atoms with Crippen molar-refractivity contribution in [3.63, 3.8) is 0 Å². The quantitative estimate of drug-likeness (QED) is 0.301. The SMILES string of the molecule is Cc1ccc2cc(C(Cc3ccccc3)c3ccc([N+](=O)[O-])cc3)ccc2c1. The van der Waals surface area contributed by atoms with Gasteiger partial charge in [-0.1, -0.05) is 84.4 Å². The summed E-state index contributed by atoms with van der Waals surface area (Å²) in [5.74, 6) is 0.133. The van der Waals surface area contributed by atoms with Crippen LogP contribution in [0.1, 0.15) is 28.2 Å². The first kappa shape index (κ1) is 17.9. The highest BCUT2D eigenvalue weighted by Crippen LogP contribution is 2.32. The van der Waals surface area contributed by atoms with Crippen molar-refractivity contribution in [2.24, 2.45) is 0 Å². The van der Waals surface area contributed by atoms with E-state index in [2.05, 4.69) is 55.5 Å². The van der Waals surface area contributed by atoms with E-state index in [0.717, 1.165) is 12.0 Å². The Balaban J connectivity index is 1.77. The second kappa shape index (κ2) is 7.65. The molecule has 1 atom stereocenters. The standard InChI is InChI=1S/C25H21NO2/c1-18-7-8-22-17-23(10-9-21(22)15-18)25(16-19-5-3-2-4-6-19)20-11-13-24(14-12-20)26(27)28/h2-15,17,25H,16H2,1H3. The van der Waals surface area contributed by atoms with Crippen molar-refractivity contribution in [2.75, 3.05) is 0 Å². The van der Waals surface area contributed by atoms with Gasteiger partial charge in [-0.05, 0) is 40.8 Å². The number of benzene rings is 4. The van der Waals surface area contributed by atoms with Crippen LogP contribution in [0.3, 0.4) is 0 Å². The second-order valence-electron chi connectivity index (χ2n) is 7.20. The van der Waals surface area contributed by atoms with Crippen LogP contribution < -0.4 is 0 Å². The fraction of sp³-hybridized carbons (Fsp3) is 0.120. The van der Waals surface area contributed by atoms with E-state index in [0.29, 0.717) is 0 Å². The molecule has 0 aliphatic heterocycles. The zero-order chi connectivity index (χ0) is 19.5. The van der Waals surface area contributed by atoms with Gasteiger partial charge in [-0.15, -0.1) is 0 Å². The number of fused-ring (bicyclic) bond motifs is 1. The molecule has 138 valence electrons. The lowest BCUT2D eigenvalue weighted by atomic mass is 9.85. The van der Waals surface area contributed by atoms with Crippen LogP contribution in [0, 0.1) is 17.0 Å². The van der Waals surface area contributed by atoms with Gasteiger partial charge in [0, 0.05) is 18.1 Å². The van der Waals surface area contributed by atoms with E-state index in [1.54, 1.807) is 12.1 Å². The maximum Gasteiger partial charge on any atom is 0.269 e. The maximum atomic E-state index is 11.0. The number of nitrogens with zero attached hydrogens (tertiary/aromatic N) is 1. The predicted octanol–water partition coefficient (Wildman–Crippen LogP) is 6.43. The molecule has 28 heavy (non-hydrogen) atoms. The average molecular weight is 367 g/mol. The molecule has 0 bridgehead atoms. The molecule has 1 unspecified atom stereocenters. The zero-order valence-electron chi connectivity index (χ0n) is 15.7. The van der Waals surface area contributed by atoms with Crippen molar-refractivity contribution in [3.8, 4) is 0 Å². The largest absolute Gasteiger partial charge is 0.269 e. The van der Waals surface area contributed by atoms with Gasteiger partial charge in [0.25, 0.3) is 5.69 Å². The molecule has 0 fully saturated rings. The Labute approximate surface area is 164 Å². The number of non-ortho nitro benzene ring substituents is 1. The first-order chi connectivity index (χ1) is 13.6. The molecule has 4 aromatic carbocycles. The monoisotopic (exact) mass is 367 g/mol. The topological polar surface area (TPSA) is 43.1 Å². The Hall–Kier alpha value is -3.46. The van der Waals surface area contributed by atoms with Gasteiger partial charge >= 0.3 is 0 Å². The lowest BCUT2D eigenvalue weighted by Crippen LogP contribution is -2.05. The molecule has 0 N–H and O–H groups in total. The predicted molar refractivity (Wildman–Crippen MR) is 114 cm³/mol. The highest BCUT2D eigenvalue weighted by atomic mass is 16.6. The molecule has 3 heteroatoms. The number of hydrogen-bond donors (Lipinski definition) is 0. The van der Waals surface area contributed by atoms with E-state index in [1.165, 1.54) is 27.5 Å². The number of aryl methyl sites for hydroxylation is 1. The van der Waals surface area contributed by atoms with Crippen LogP contribution in [-0.2, 0) is 6.42 Å². The van der Waals surface area contributed by atoms with Gasteiger partial charge in [0.1, 0.15) is 0 Å². The molecule has 4 aromatic rings. The second-order valence-corrected chi connectivity index (χ2v) is 7.20. The summed E-state index contributed by atoms with van der Waals surface area (Å²) in [5.41, 5.74) is 4.91. The minimum absolute atomic E-state index is 0.121. The number of rotatable bonds is 5. The van der Waals surface area contributed by atoms with Crippen LogP contribution in [-0.4, -0.2) is 4.92 Å². The van der Waals surface area contributed by atoms with Crippen molar-refractivity contribution in [1.82, 2.24) is 0 Å². The van der Waals surface area contributed by atoms with Crippen LogP contribution in [0.4, 0.5) is 5.69 Å². The van der Waals surface area contributed by atoms with Crippen molar-refractivity contribution in [3.05, 3.63) is 123 Å². The summed E-state index contributed by atoms with van der Waals surface area (Å²) < 4.78 is 0. The summed E-state index contributed by atoms with van der Waals surface area (Å²) in [4.78, 5) is 10.7. The Bertz CT molecular complexity index is 1120. The van der Waals surface area contributed by atoms with Gasteiger partial charge in [-0.3, -0.25) is 10.1 Å². The minimum Gasteiger partial charge on any atom is -0.258 e.